The lowest BCUT2D eigenvalue weighted by molar-refractivity contribution is 0.580. The van der Waals surface area contributed by atoms with Gasteiger partial charge in [0, 0.05) is 6.04 Å². The van der Waals surface area contributed by atoms with Crippen LogP contribution in [0, 0.1) is 5.95 Å². The maximum Gasteiger partial charge on any atom is 0.214 e. The number of nitrogens with zero attached hydrogens (tertiary/aromatic N) is 1. The minimum absolute atomic E-state index is 0.411. The summed E-state index contributed by atoms with van der Waals surface area (Å²) in [5, 5.41) is 6.61. The molecule has 1 aliphatic rings. The maximum absolute atomic E-state index is 12.8. The van der Waals surface area contributed by atoms with Crippen molar-refractivity contribution in [2.24, 2.45) is 0 Å². The van der Waals surface area contributed by atoms with Gasteiger partial charge in [-0.1, -0.05) is 6.07 Å². The highest BCUT2D eigenvalue weighted by Crippen LogP contribution is 2.12. The Morgan fingerprint density at radius 3 is 3.13 bits per heavy atom. The molecule has 1 fully saturated rings. The predicted octanol–water partition coefficient (Wildman–Crippen LogP) is 1.77. The highest BCUT2D eigenvalue weighted by Gasteiger charge is 2.11. The van der Waals surface area contributed by atoms with Crippen LogP contribution >= 0.6 is 0 Å². The Labute approximate surface area is 89.1 Å². The average molecular weight is 209 g/mol. The van der Waals surface area contributed by atoms with Crippen molar-refractivity contribution in [3.05, 3.63) is 24.1 Å². The molecule has 0 aliphatic carbocycles. The van der Waals surface area contributed by atoms with Crippen molar-refractivity contribution in [3.63, 3.8) is 0 Å². The van der Waals surface area contributed by atoms with Crippen LogP contribution in [0.2, 0.25) is 0 Å². The first-order chi connectivity index (χ1) is 7.34. The molecule has 0 saturated carbocycles. The maximum atomic E-state index is 12.8. The van der Waals surface area contributed by atoms with Gasteiger partial charge in [-0.3, -0.25) is 0 Å². The molecule has 2 rings (SSSR count). The molecule has 1 saturated heterocycles. The highest BCUT2D eigenvalue weighted by atomic mass is 19.1. The third-order valence-electron chi connectivity index (χ3n) is 2.64. The second-order valence-corrected chi connectivity index (χ2v) is 3.87. The fraction of sp³-hybridized carbons (Fsp3) is 0.545. The molecule has 4 heteroatoms. The van der Waals surface area contributed by atoms with Crippen molar-refractivity contribution in [2.45, 2.75) is 25.3 Å². The summed E-state index contributed by atoms with van der Waals surface area (Å²) in [5.41, 5.74) is 0. The van der Waals surface area contributed by atoms with Crippen molar-refractivity contribution in [1.29, 1.82) is 0 Å². The van der Waals surface area contributed by atoms with Crippen LogP contribution in [-0.4, -0.2) is 24.1 Å². The molecule has 1 atom stereocenters. The number of aromatic nitrogens is 1. The Morgan fingerprint density at radius 1 is 1.33 bits per heavy atom. The van der Waals surface area contributed by atoms with Crippen LogP contribution in [0.5, 0.6) is 0 Å². The molecule has 2 heterocycles. The fourth-order valence-electron chi connectivity index (χ4n) is 1.86. The minimum Gasteiger partial charge on any atom is -0.367 e. The van der Waals surface area contributed by atoms with E-state index in [0.717, 1.165) is 32.4 Å². The van der Waals surface area contributed by atoms with E-state index in [2.05, 4.69) is 15.6 Å². The summed E-state index contributed by atoms with van der Waals surface area (Å²) in [4.78, 5) is 3.80. The lowest BCUT2D eigenvalue weighted by atomic mass is 10.1. The van der Waals surface area contributed by atoms with Gasteiger partial charge in [0.2, 0.25) is 5.95 Å². The number of anilines is 1. The Balaban J connectivity index is 1.95. The number of rotatable bonds is 2. The van der Waals surface area contributed by atoms with Gasteiger partial charge in [-0.25, -0.2) is 4.98 Å². The molecule has 0 radical (unpaired) electrons. The van der Waals surface area contributed by atoms with Gasteiger partial charge in [0.15, 0.2) is 0 Å². The van der Waals surface area contributed by atoms with Crippen LogP contribution in [0.25, 0.3) is 0 Å². The van der Waals surface area contributed by atoms with Crippen molar-refractivity contribution in [1.82, 2.24) is 10.3 Å². The summed E-state index contributed by atoms with van der Waals surface area (Å²) in [6, 6.07) is 5.26. The van der Waals surface area contributed by atoms with E-state index in [1.807, 2.05) is 0 Å². The fourth-order valence-corrected chi connectivity index (χ4v) is 1.86. The Hall–Kier alpha value is -1.16. The Bertz CT molecular complexity index is 308. The molecule has 0 amide bonds. The topological polar surface area (TPSA) is 37.0 Å². The molecule has 82 valence electrons. The van der Waals surface area contributed by atoms with Gasteiger partial charge in [0.1, 0.15) is 5.82 Å². The van der Waals surface area contributed by atoms with E-state index in [1.54, 1.807) is 12.1 Å². The first kappa shape index (κ1) is 10.4. The van der Waals surface area contributed by atoms with Gasteiger partial charge < -0.3 is 10.6 Å². The first-order valence-electron chi connectivity index (χ1n) is 5.44. The molecular formula is C11H16FN3. The van der Waals surface area contributed by atoms with Crippen molar-refractivity contribution in [3.8, 4) is 0 Å². The van der Waals surface area contributed by atoms with Crippen LogP contribution in [-0.2, 0) is 0 Å². The minimum atomic E-state index is -0.424. The van der Waals surface area contributed by atoms with Gasteiger partial charge in [0.05, 0.1) is 0 Å². The largest absolute Gasteiger partial charge is 0.367 e. The summed E-state index contributed by atoms with van der Waals surface area (Å²) >= 11 is 0. The summed E-state index contributed by atoms with van der Waals surface area (Å²) in [6.45, 7) is 2.10. The molecule has 1 aromatic rings. The number of pyridine rings is 1. The van der Waals surface area contributed by atoms with Crippen molar-refractivity contribution >= 4 is 5.82 Å². The lowest BCUT2D eigenvalue weighted by Gasteiger charge is -2.16. The van der Waals surface area contributed by atoms with E-state index in [-0.39, 0.29) is 0 Å². The molecule has 1 unspecified atom stereocenters. The normalized spacial score (nSPS) is 22.1. The van der Waals surface area contributed by atoms with E-state index in [1.165, 1.54) is 6.07 Å². The van der Waals surface area contributed by atoms with Gasteiger partial charge in [0.25, 0.3) is 0 Å². The highest BCUT2D eigenvalue weighted by molar-refractivity contribution is 5.34. The summed E-state index contributed by atoms with van der Waals surface area (Å²) < 4.78 is 12.8. The van der Waals surface area contributed by atoms with E-state index < -0.39 is 5.95 Å². The molecule has 2 N–H and O–H groups in total. The molecule has 1 aromatic heterocycles. The Morgan fingerprint density at radius 2 is 2.27 bits per heavy atom. The van der Waals surface area contributed by atoms with E-state index in [4.69, 9.17) is 0 Å². The van der Waals surface area contributed by atoms with Gasteiger partial charge >= 0.3 is 0 Å². The average Bonchev–Trinajstić information content (AvgIpc) is 2.46. The third-order valence-corrected chi connectivity index (χ3v) is 2.64. The third kappa shape index (κ3) is 3.16. The number of nitrogens with one attached hydrogen (secondary N) is 2. The molecule has 0 spiro atoms. The second-order valence-electron chi connectivity index (χ2n) is 3.87. The van der Waals surface area contributed by atoms with Gasteiger partial charge in [-0.15, -0.1) is 0 Å². The molecule has 0 aromatic carbocycles. The molecule has 0 bridgehead atoms. The van der Waals surface area contributed by atoms with Crippen LogP contribution in [0.1, 0.15) is 19.3 Å². The molecule has 15 heavy (non-hydrogen) atoms. The standard InChI is InChI=1S/C11H16FN3/c12-10-4-1-5-11(15-10)14-9-3-2-7-13-8-6-9/h1,4-5,9,13H,2-3,6-8H2,(H,14,15). The van der Waals surface area contributed by atoms with Crippen molar-refractivity contribution < 1.29 is 4.39 Å². The SMILES string of the molecule is Fc1cccc(NC2CCCNCC2)n1. The summed E-state index contributed by atoms with van der Waals surface area (Å²) in [6.07, 6.45) is 3.34. The van der Waals surface area contributed by atoms with Crippen LogP contribution in [0.3, 0.4) is 0 Å². The first-order valence-corrected chi connectivity index (χ1v) is 5.44. The van der Waals surface area contributed by atoms with Gasteiger partial charge in [-0.2, -0.15) is 4.39 Å². The summed E-state index contributed by atoms with van der Waals surface area (Å²) in [7, 11) is 0. The number of hydrogen-bond acceptors (Lipinski definition) is 3. The zero-order chi connectivity index (χ0) is 10.5. The van der Waals surface area contributed by atoms with Crippen LogP contribution < -0.4 is 10.6 Å². The smallest absolute Gasteiger partial charge is 0.214 e. The Kier molecular flexibility index (Phi) is 3.50. The van der Waals surface area contributed by atoms with E-state index >= 15 is 0 Å². The van der Waals surface area contributed by atoms with Crippen LogP contribution in [0.15, 0.2) is 18.2 Å². The van der Waals surface area contributed by atoms with Crippen molar-refractivity contribution in [2.75, 3.05) is 18.4 Å². The zero-order valence-electron chi connectivity index (χ0n) is 8.67. The number of halogens is 1. The quantitative estimate of drug-likeness (QED) is 0.729. The lowest BCUT2D eigenvalue weighted by Crippen LogP contribution is -2.22. The van der Waals surface area contributed by atoms with E-state index in [9.17, 15) is 4.39 Å². The predicted molar refractivity (Wildman–Crippen MR) is 58.3 cm³/mol. The monoisotopic (exact) mass is 209 g/mol. The number of hydrogen-bond donors (Lipinski definition) is 2. The second kappa shape index (κ2) is 5.07. The molecular weight excluding hydrogens is 193 g/mol. The summed E-state index contributed by atoms with van der Waals surface area (Å²) in [5.74, 6) is 0.216. The van der Waals surface area contributed by atoms with Gasteiger partial charge in [-0.05, 0) is 44.5 Å². The van der Waals surface area contributed by atoms with Crippen LogP contribution in [0.4, 0.5) is 10.2 Å². The zero-order valence-corrected chi connectivity index (χ0v) is 8.67. The van der Waals surface area contributed by atoms with E-state index in [0.29, 0.717) is 11.9 Å². The molecule has 1 aliphatic heterocycles. The molecule has 3 nitrogen and oxygen atoms in total.